The van der Waals surface area contributed by atoms with Gasteiger partial charge in [-0.2, -0.15) is 4.98 Å². The van der Waals surface area contributed by atoms with Crippen molar-refractivity contribution in [2.24, 2.45) is 11.3 Å². The summed E-state index contributed by atoms with van der Waals surface area (Å²) in [5.41, 5.74) is 3.74. The normalized spacial score (nSPS) is 25.9. The van der Waals surface area contributed by atoms with Crippen LogP contribution in [0.4, 0.5) is 28.4 Å². The molecule has 18 heteroatoms. The molecule has 1 amide bonds. The van der Waals surface area contributed by atoms with Crippen molar-refractivity contribution in [2.45, 2.75) is 138 Å². The Morgan fingerprint density at radius 3 is 2.58 bits per heavy atom. The van der Waals surface area contributed by atoms with E-state index in [9.17, 15) is 28.4 Å². The molecule has 3 aromatic heterocycles. The number of amides is 1. The first kappa shape index (κ1) is 48.0. The van der Waals surface area contributed by atoms with E-state index < -0.39 is 43.1 Å². The molecule has 4 aliphatic heterocycles. The quantitative estimate of drug-likeness (QED) is 0.0682. The second-order valence-corrected chi connectivity index (χ2v) is 24.4. The number of carbonyl (C=O) groups excluding carboxylic acids is 1. The molecule has 1 spiro atoms. The topological polar surface area (TPSA) is 196 Å². The summed E-state index contributed by atoms with van der Waals surface area (Å²) in [5, 5.41) is 29.0. The molecule has 11 rings (SSSR count). The Kier molecular flexibility index (Phi) is 12.8. The molecule has 5 aromatic rings. The minimum atomic E-state index is -4.61. The third-order valence-electron chi connectivity index (χ3n) is 16.7. The number of hydrogen-bond donors (Lipinski definition) is 4. The van der Waals surface area contributed by atoms with Gasteiger partial charge in [0.1, 0.15) is 23.1 Å². The van der Waals surface area contributed by atoms with Crippen molar-refractivity contribution in [2.75, 3.05) is 54.5 Å². The van der Waals surface area contributed by atoms with Gasteiger partial charge in [0.2, 0.25) is 5.88 Å². The van der Waals surface area contributed by atoms with Crippen LogP contribution in [-0.4, -0.2) is 102 Å². The van der Waals surface area contributed by atoms with E-state index in [1.54, 1.807) is 10.9 Å². The number of rotatable bonds is 12. The van der Waals surface area contributed by atoms with Crippen molar-refractivity contribution in [3.05, 3.63) is 92.3 Å². The molecule has 16 nitrogen and oxygen atoms in total. The number of hydrogen-bond acceptors (Lipinski definition) is 14. The number of nitrogens with one attached hydrogen (secondary N) is 3. The number of nitro benzene ring substituents is 1. The van der Waals surface area contributed by atoms with Crippen LogP contribution in [0.1, 0.15) is 131 Å². The van der Waals surface area contributed by atoms with E-state index in [-0.39, 0.29) is 23.2 Å². The molecule has 7 heterocycles. The van der Waals surface area contributed by atoms with Crippen molar-refractivity contribution in [3.8, 4) is 5.88 Å². The van der Waals surface area contributed by atoms with Crippen LogP contribution in [-0.2, 0) is 14.8 Å². The number of likely N-dealkylation sites (tertiary alicyclic amines) is 1. The summed E-state index contributed by atoms with van der Waals surface area (Å²) in [4.78, 5) is 43.0. The number of aromatic amines is 1. The molecule has 71 heavy (non-hydrogen) atoms. The number of carbonyl (C=O) groups is 1. The summed E-state index contributed by atoms with van der Waals surface area (Å²) in [6.07, 6.45) is 13.1. The van der Waals surface area contributed by atoms with Gasteiger partial charge in [0.15, 0.2) is 0 Å². The van der Waals surface area contributed by atoms with E-state index in [0.717, 1.165) is 62.5 Å². The van der Waals surface area contributed by atoms with Gasteiger partial charge in [-0.1, -0.05) is 20.3 Å². The van der Waals surface area contributed by atoms with Gasteiger partial charge >= 0.3 is 0 Å². The number of aromatic nitrogens is 2. The fraction of sp³-hybridized carbons (Fsp3) is 0.547. The van der Waals surface area contributed by atoms with Crippen molar-refractivity contribution in [1.29, 1.82) is 0 Å². The molecular formula is C53H66N8O8S2. The number of H-pyrrole nitrogens is 1. The molecule has 0 radical (unpaired) electrons. The van der Waals surface area contributed by atoms with Gasteiger partial charge in [-0.05, 0) is 161 Å². The highest BCUT2D eigenvalue weighted by molar-refractivity contribution is 7.90. The average Bonchev–Trinajstić information content (AvgIpc) is 4.04. The maximum atomic E-state index is 14.7. The van der Waals surface area contributed by atoms with Crippen LogP contribution in [0, 0.1) is 21.4 Å². The maximum absolute atomic E-state index is 14.7. The summed E-state index contributed by atoms with van der Waals surface area (Å²) in [6, 6.07) is 16.4. The highest BCUT2D eigenvalue weighted by Crippen LogP contribution is 2.55. The molecule has 4 N–H and O–H groups in total. The molecule has 6 aliphatic rings. The summed E-state index contributed by atoms with van der Waals surface area (Å²) < 4.78 is 43.1. The number of nitrogens with zero attached hydrogens (tertiary/aromatic N) is 5. The third kappa shape index (κ3) is 9.39. The molecule has 0 bridgehead atoms. The molecule has 2 saturated carbocycles. The largest absolute Gasteiger partial charge is 0.468 e. The van der Waals surface area contributed by atoms with Crippen molar-refractivity contribution >= 4 is 66.7 Å². The number of ether oxygens (including phenoxy) is 2. The average molecular weight is 1010 g/mol. The van der Waals surface area contributed by atoms with Crippen molar-refractivity contribution in [1.82, 2.24) is 19.6 Å². The first-order valence-electron chi connectivity index (χ1n) is 25.7. The number of benzene rings is 2. The molecule has 378 valence electrons. The summed E-state index contributed by atoms with van der Waals surface area (Å²) in [5.74, 6) is 0.233. The zero-order chi connectivity index (χ0) is 49.2. The monoisotopic (exact) mass is 1010 g/mol. The van der Waals surface area contributed by atoms with Crippen LogP contribution < -0.4 is 24.6 Å². The molecule has 0 unspecified atom stereocenters. The lowest BCUT2D eigenvalue weighted by Gasteiger charge is -2.57. The molecular weight excluding hydrogens is 941 g/mol. The minimum Gasteiger partial charge on any atom is -0.468 e. The summed E-state index contributed by atoms with van der Waals surface area (Å²) in [7, 11) is -4.61. The second-order valence-electron chi connectivity index (χ2n) is 21.8. The third-order valence-corrected chi connectivity index (χ3v) is 19.1. The van der Waals surface area contributed by atoms with Gasteiger partial charge in [0.25, 0.3) is 21.6 Å². The first-order valence-corrected chi connectivity index (χ1v) is 28.1. The van der Waals surface area contributed by atoms with Gasteiger partial charge in [-0.3, -0.25) is 19.8 Å². The van der Waals surface area contributed by atoms with E-state index in [2.05, 4.69) is 55.0 Å². The lowest BCUT2D eigenvalue weighted by Crippen LogP contribution is -2.56. The Hall–Kier alpha value is -5.27. The number of nitro groups is 1. The number of piperidine rings is 2. The highest BCUT2D eigenvalue weighted by atomic mass is 32.2. The van der Waals surface area contributed by atoms with E-state index >= 15 is 0 Å². The van der Waals surface area contributed by atoms with Crippen LogP contribution in [0.25, 0.3) is 11.0 Å². The molecule has 2 aromatic carbocycles. The molecule has 3 saturated heterocycles. The van der Waals surface area contributed by atoms with Gasteiger partial charge in [-0.25, -0.2) is 13.1 Å². The summed E-state index contributed by atoms with van der Waals surface area (Å²) >= 11 is 1.94. The number of pyridine rings is 1. The molecule has 5 fully saturated rings. The summed E-state index contributed by atoms with van der Waals surface area (Å²) in [6.45, 7) is 10.5. The van der Waals surface area contributed by atoms with Crippen LogP contribution in [0.2, 0.25) is 0 Å². The molecule has 3 atom stereocenters. The first-order chi connectivity index (χ1) is 34.1. The lowest BCUT2D eigenvalue weighted by atomic mass is 9.59. The number of aliphatic hydroxyl groups is 1. The van der Waals surface area contributed by atoms with Gasteiger partial charge in [0.05, 0.1) is 39.3 Å². The number of anilines is 4. The molecule has 2 aliphatic carbocycles. The Labute approximate surface area is 419 Å². The Morgan fingerprint density at radius 1 is 1.00 bits per heavy atom. The smallest absolute Gasteiger partial charge is 0.293 e. The number of sulfonamides is 1. The van der Waals surface area contributed by atoms with Crippen molar-refractivity contribution < 1.29 is 32.7 Å². The van der Waals surface area contributed by atoms with E-state index in [1.165, 1.54) is 49.8 Å². The standard InChI is InChI=1S/C53H66N8O8S2/c1-33(2)39-15-25-70-48(39)43-6-4-5-21-59(43)37-29-53(30-37)18-22-58(23-19-53)36-7-9-40(44(27-36)60-42-14-24-68-32-47(42)69-51-46(60)26-35-13-20-54-49(35)56-51)50(62)57-71(66,67)38-8-10-41(45(28-38)61(64)65)55-31-34-11-16-52(3,63)17-12-34/h7-10,13,15,20,25-28,33-34,37,42-43,47,55,63H,4-6,11-12,14,16-19,21-24,29-32H2,1-3H3,(H,54,56)(H,57,62)/t34-,42-,43-,47-,52-/m0/s1. The number of thiophene rings is 1. The second kappa shape index (κ2) is 19.0. The Balaban J connectivity index is 0.865. The van der Waals surface area contributed by atoms with E-state index in [4.69, 9.17) is 14.5 Å². The van der Waals surface area contributed by atoms with Gasteiger partial charge < -0.3 is 34.7 Å². The van der Waals surface area contributed by atoms with E-state index in [0.29, 0.717) is 85.3 Å². The zero-order valence-electron chi connectivity index (χ0n) is 40.9. The Morgan fingerprint density at radius 2 is 1.80 bits per heavy atom. The SMILES string of the molecule is CC(C)c1ccsc1[C@@H]1CCCCN1C1CC2(CCN(c3ccc(C(=O)NS(=O)(=O)c4ccc(NC[C@H]5CC[C@](C)(O)CC5)c([N+](=O)[O-])c4)c(N4c5cc6cc[nH]c6nc5O[C@H]5COCC[C@@H]54)c3)CC2)C1. The van der Waals surface area contributed by atoms with Crippen LogP contribution in [0.15, 0.2) is 71.1 Å². The van der Waals surface area contributed by atoms with Gasteiger partial charge in [-0.15, -0.1) is 11.3 Å². The predicted molar refractivity (Wildman–Crippen MR) is 276 cm³/mol. The lowest BCUT2D eigenvalue weighted by molar-refractivity contribution is -0.384. The van der Waals surface area contributed by atoms with Crippen LogP contribution in [0.3, 0.4) is 0 Å². The highest BCUT2D eigenvalue weighted by Gasteiger charge is 2.50. The zero-order valence-corrected chi connectivity index (χ0v) is 42.5. The van der Waals surface area contributed by atoms with Crippen LogP contribution >= 0.6 is 11.3 Å². The van der Waals surface area contributed by atoms with Crippen LogP contribution in [0.5, 0.6) is 5.88 Å². The van der Waals surface area contributed by atoms with E-state index in [1.807, 2.05) is 48.7 Å². The van der Waals surface area contributed by atoms with Gasteiger partial charge in [0, 0.05) is 66.5 Å². The maximum Gasteiger partial charge on any atom is 0.293 e. The fourth-order valence-corrected chi connectivity index (χ4v) is 14.8. The van der Waals surface area contributed by atoms with Crippen molar-refractivity contribution in [3.63, 3.8) is 0 Å². The fourth-order valence-electron chi connectivity index (χ4n) is 12.6. The number of fused-ring (bicyclic) bond motifs is 3. The Bertz CT molecular complexity index is 2910. The minimum absolute atomic E-state index is 0.126. The predicted octanol–water partition coefficient (Wildman–Crippen LogP) is 9.79.